The Bertz CT molecular complexity index is 553. The fraction of sp³-hybridized carbons (Fsp3) is 0.438. The minimum absolute atomic E-state index is 0.160. The topological polar surface area (TPSA) is 47.6 Å². The first-order chi connectivity index (χ1) is 9.74. The molecule has 3 rings (SSSR count). The van der Waals surface area contributed by atoms with Crippen molar-refractivity contribution in [3.05, 3.63) is 35.9 Å². The number of ether oxygens (including phenoxy) is 2. The summed E-state index contributed by atoms with van der Waals surface area (Å²) in [4.78, 5) is 12.1. The van der Waals surface area contributed by atoms with Crippen molar-refractivity contribution in [3.63, 3.8) is 0 Å². The lowest BCUT2D eigenvalue weighted by Crippen LogP contribution is -2.42. The van der Waals surface area contributed by atoms with Crippen molar-refractivity contribution in [2.24, 2.45) is 5.92 Å². The monoisotopic (exact) mass is 273 g/mol. The van der Waals surface area contributed by atoms with E-state index in [4.69, 9.17) is 9.47 Å². The Labute approximate surface area is 118 Å². The van der Waals surface area contributed by atoms with Crippen LogP contribution in [-0.4, -0.2) is 25.7 Å². The van der Waals surface area contributed by atoms with Gasteiger partial charge in [-0.25, -0.2) is 4.79 Å². The number of esters is 1. The number of anilines is 1. The van der Waals surface area contributed by atoms with Crippen molar-refractivity contribution >= 4 is 11.7 Å². The van der Waals surface area contributed by atoms with E-state index in [0.717, 1.165) is 17.9 Å². The maximum atomic E-state index is 12.1. The van der Waals surface area contributed by atoms with Gasteiger partial charge in [-0.05, 0) is 37.1 Å². The third-order valence-electron chi connectivity index (χ3n) is 4.11. The molecule has 0 fully saturated rings. The van der Waals surface area contributed by atoms with Gasteiger partial charge in [0.1, 0.15) is 11.8 Å². The van der Waals surface area contributed by atoms with Crippen molar-refractivity contribution < 1.29 is 14.3 Å². The predicted octanol–water partition coefficient (Wildman–Crippen LogP) is 2.71. The Morgan fingerprint density at radius 2 is 2.30 bits per heavy atom. The molecule has 0 saturated heterocycles. The molecule has 0 unspecified atom stereocenters. The Balaban J connectivity index is 1.96. The number of allylic oxidation sites excluding steroid dienone is 2. The number of nitrogens with one attached hydrogen (secondary N) is 1. The van der Waals surface area contributed by atoms with E-state index >= 15 is 0 Å². The highest BCUT2D eigenvalue weighted by Gasteiger charge is 2.41. The largest absolute Gasteiger partial charge is 0.497 e. The molecule has 1 aromatic carbocycles. The van der Waals surface area contributed by atoms with Crippen LogP contribution in [0, 0.1) is 5.92 Å². The Hall–Kier alpha value is -1.97. The zero-order valence-corrected chi connectivity index (χ0v) is 11.8. The summed E-state index contributed by atoms with van der Waals surface area (Å²) >= 11 is 0. The average molecular weight is 273 g/mol. The highest BCUT2D eigenvalue weighted by Crippen LogP contribution is 2.45. The molecule has 0 amide bonds. The van der Waals surface area contributed by atoms with Gasteiger partial charge in [0.25, 0.3) is 0 Å². The second-order valence-corrected chi connectivity index (χ2v) is 5.18. The van der Waals surface area contributed by atoms with Crippen LogP contribution >= 0.6 is 0 Å². The van der Waals surface area contributed by atoms with Gasteiger partial charge < -0.3 is 14.8 Å². The van der Waals surface area contributed by atoms with Gasteiger partial charge >= 0.3 is 5.97 Å². The van der Waals surface area contributed by atoms with Crippen LogP contribution in [0.2, 0.25) is 0 Å². The molecule has 1 aromatic rings. The smallest absolute Gasteiger partial charge is 0.328 e. The third-order valence-corrected chi connectivity index (χ3v) is 4.11. The summed E-state index contributed by atoms with van der Waals surface area (Å²) in [7, 11) is 1.67. The molecule has 1 heterocycles. The molecule has 0 aromatic heterocycles. The van der Waals surface area contributed by atoms with E-state index in [2.05, 4.69) is 23.5 Å². The zero-order chi connectivity index (χ0) is 14.1. The number of rotatable bonds is 3. The van der Waals surface area contributed by atoms with Crippen molar-refractivity contribution in [3.8, 4) is 5.75 Å². The van der Waals surface area contributed by atoms with E-state index in [1.807, 2.05) is 19.1 Å². The van der Waals surface area contributed by atoms with Gasteiger partial charge in [0.15, 0.2) is 0 Å². The molecule has 0 bridgehead atoms. The summed E-state index contributed by atoms with van der Waals surface area (Å²) in [5.41, 5.74) is 2.19. The molecule has 106 valence electrons. The lowest BCUT2D eigenvalue weighted by atomic mass is 9.79. The number of hydrogen-bond acceptors (Lipinski definition) is 4. The number of carbonyl (C=O) groups is 1. The van der Waals surface area contributed by atoms with Crippen molar-refractivity contribution in [2.45, 2.75) is 25.3 Å². The first-order valence-corrected chi connectivity index (χ1v) is 7.02. The molecular weight excluding hydrogens is 254 g/mol. The molecule has 0 radical (unpaired) electrons. The van der Waals surface area contributed by atoms with Crippen LogP contribution in [0.15, 0.2) is 30.4 Å². The summed E-state index contributed by atoms with van der Waals surface area (Å²) in [6.45, 7) is 2.25. The first-order valence-electron chi connectivity index (χ1n) is 7.02. The van der Waals surface area contributed by atoms with E-state index < -0.39 is 0 Å². The van der Waals surface area contributed by atoms with E-state index in [0.29, 0.717) is 6.61 Å². The van der Waals surface area contributed by atoms with Gasteiger partial charge in [-0.15, -0.1) is 0 Å². The molecule has 0 saturated carbocycles. The van der Waals surface area contributed by atoms with Gasteiger partial charge in [0.05, 0.1) is 13.7 Å². The Morgan fingerprint density at radius 3 is 3.05 bits per heavy atom. The molecule has 1 aliphatic heterocycles. The van der Waals surface area contributed by atoms with Gasteiger partial charge in [-0.1, -0.05) is 12.2 Å². The molecule has 1 N–H and O–H groups in total. The lowest BCUT2D eigenvalue weighted by molar-refractivity contribution is -0.145. The van der Waals surface area contributed by atoms with E-state index in [1.54, 1.807) is 7.11 Å². The lowest BCUT2D eigenvalue weighted by Gasteiger charge is -2.35. The molecule has 4 nitrogen and oxygen atoms in total. The van der Waals surface area contributed by atoms with Gasteiger partial charge in [0, 0.05) is 17.5 Å². The quantitative estimate of drug-likeness (QED) is 0.679. The Morgan fingerprint density at radius 1 is 1.45 bits per heavy atom. The summed E-state index contributed by atoms with van der Waals surface area (Å²) in [5.74, 6) is 1.18. The van der Waals surface area contributed by atoms with E-state index in [9.17, 15) is 4.79 Å². The van der Waals surface area contributed by atoms with Crippen molar-refractivity contribution in [2.75, 3.05) is 19.0 Å². The molecule has 3 atom stereocenters. The molecule has 20 heavy (non-hydrogen) atoms. The zero-order valence-electron chi connectivity index (χ0n) is 11.8. The fourth-order valence-electron chi connectivity index (χ4n) is 3.16. The maximum Gasteiger partial charge on any atom is 0.328 e. The van der Waals surface area contributed by atoms with Crippen LogP contribution in [0.1, 0.15) is 24.8 Å². The predicted molar refractivity (Wildman–Crippen MR) is 77.0 cm³/mol. The minimum atomic E-state index is -0.268. The Kier molecular flexibility index (Phi) is 3.38. The third kappa shape index (κ3) is 2.05. The number of benzene rings is 1. The van der Waals surface area contributed by atoms with Crippen molar-refractivity contribution in [1.29, 1.82) is 0 Å². The number of hydrogen-bond donors (Lipinski definition) is 1. The second kappa shape index (κ2) is 5.19. The van der Waals surface area contributed by atoms with Crippen LogP contribution in [0.4, 0.5) is 5.69 Å². The normalized spacial score (nSPS) is 26.4. The fourth-order valence-corrected chi connectivity index (χ4v) is 3.16. The average Bonchev–Trinajstić information content (AvgIpc) is 2.95. The van der Waals surface area contributed by atoms with Gasteiger partial charge in [-0.3, -0.25) is 0 Å². The number of carbonyl (C=O) groups excluding carboxylic acids is 1. The van der Waals surface area contributed by atoms with Crippen LogP contribution in [-0.2, 0) is 9.53 Å². The summed E-state index contributed by atoms with van der Waals surface area (Å²) in [6, 6.07) is 5.67. The van der Waals surface area contributed by atoms with Gasteiger partial charge in [-0.2, -0.15) is 0 Å². The number of methoxy groups -OCH3 is 1. The molecule has 2 aliphatic rings. The first kappa shape index (κ1) is 13.0. The van der Waals surface area contributed by atoms with E-state index in [1.165, 1.54) is 5.56 Å². The second-order valence-electron chi connectivity index (χ2n) is 5.18. The van der Waals surface area contributed by atoms with Crippen LogP contribution in [0.3, 0.4) is 0 Å². The molecule has 0 spiro atoms. The van der Waals surface area contributed by atoms with Crippen LogP contribution in [0.25, 0.3) is 0 Å². The van der Waals surface area contributed by atoms with Crippen LogP contribution in [0.5, 0.6) is 5.75 Å². The summed E-state index contributed by atoms with van der Waals surface area (Å²) < 4.78 is 10.5. The molecule has 4 heteroatoms. The minimum Gasteiger partial charge on any atom is -0.497 e. The van der Waals surface area contributed by atoms with Gasteiger partial charge in [0.2, 0.25) is 0 Å². The summed E-state index contributed by atoms with van der Waals surface area (Å²) in [5, 5.41) is 3.33. The maximum absolute atomic E-state index is 12.1. The number of fused-ring (bicyclic) bond motifs is 3. The van der Waals surface area contributed by atoms with E-state index in [-0.39, 0.29) is 23.8 Å². The van der Waals surface area contributed by atoms with Crippen LogP contribution < -0.4 is 10.1 Å². The highest BCUT2D eigenvalue weighted by molar-refractivity contribution is 5.82. The molecular formula is C16H19NO3. The molecule has 1 aliphatic carbocycles. The summed E-state index contributed by atoms with van der Waals surface area (Å²) in [6.07, 6.45) is 5.24. The highest BCUT2D eigenvalue weighted by atomic mass is 16.5. The SMILES string of the molecule is CCOC(=O)[C@H]1Nc2ccc(OC)cc2[C@H]2C=CC[C@@H]12. The standard InChI is InChI=1S/C16H19NO3/c1-3-20-16(18)15-12-6-4-5-11(12)13-9-10(19-2)7-8-14(13)17-15/h4-5,7-9,11-12,15,17H,3,6H2,1-2H3/t11-,12+,15-/m0/s1. The van der Waals surface area contributed by atoms with Crippen molar-refractivity contribution in [1.82, 2.24) is 0 Å².